The number of nitrogens with zero attached hydrogens (tertiary/aromatic N) is 1. The zero-order valence-electron chi connectivity index (χ0n) is 7.27. The molecule has 0 aromatic carbocycles. The van der Waals surface area contributed by atoms with Crippen LogP contribution in [0.2, 0.25) is 0 Å². The first-order valence-corrected chi connectivity index (χ1v) is 5.17. The van der Waals surface area contributed by atoms with E-state index in [0.29, 0.717) is 5.69 Å². The summed E-state index contributed by atoms with van der Waals surface area (Å²) >= 11 is 1.39. The van der Waals surface area contributed by atoms with Crippen molar-refractivity contribution in [2.75, 3.05) is 0 Å². The van der Waals surface area contributed by atoms with Crippen molar-refractivity contribution in [3.05, 3.63) is 16.6 Å². The topological polar surface area (TPSA) is 24.9 Å². The van der Waals surface area contributed by atoms with Gasteiger partial charge < -0.3 is 0 Å². The van der Waals surface area contributed by atoms with Gasteiger partial charge in [-0.15, -0.1) is 11.3 Å². The predicted molar refractivity (Wildman–Crippen MR) is 47.0 cm³/mol. The normalized spacial score (nSPS) is 19.6. The maximum absolute atomic E-state index is 12.4. The Kier molecular flexibility index (Phi) is 2.27. The third kappa shape index (κ3) is 1.76. The van der Waals surface area contributed by atoms with Gasteiger partial charge in [0.2, 0.25) is 0 Å². The molecule has 1 aliphatic rings. The Morgan fingerprint density at radius 2 is 2.21 bits per heavy atom. The molecule has 14 heavy (non-hydrogen) atoms. The van der Waals surface area contributed by atoms with E-state index in [2.05, 4.69) is 10.3 Å². The summed E-state index contributed by atoms with van der Waals surface area (Å²) in [6.07, 6.45) is -3.77. The third-order valence-corrected chi connectivity index (χ3v) is 3.02. The number of hydrogen-bond acceptors (Lipinski definition) is 3. The summed E-state index contributed by atoms with van der Waals surface area (Å²) < 4.78 is 37.3. The number of thiazole rings is 1. The van der Waals surface area contributed by atoms with Gasteiger partial charge in [-0.2, -0.15) is 13.2 Å². The second kappa shape index (κ2) is 3.20. The van der Waals surface area contributed by atoms with Crippen LogP contribution in [0.15, 0.2) is 10.9 Å². The molecule has 1 aliphatic carbocycles. The smallest absolute Gasteiger partial charge is 0.298 e. The molecule has 0 aliphatic heterocycles. The molecule has 78 valence electrons. The van der Waals surface area contributed by atoms with E-state index in [1.807, 2.05) is 0 Å². The van der Waals surface area contributed by atoms with Crippen molar-refractivity contribution < 1.29 is 13.2 Å². The van der Waals surface area contributed by atoms with E-state index in [0.717, 1.165) is 0 Å². The van der Waals surface area contributed by atoms with Crippen LogP contribution in [-0.2, 0) is 6.54 Å². The van der Waals surface area contributed by atoms with Crippen LogP contribution in [0.3, 0.4) is 0 Å². The van der Waals surface area contributed by atoms with Gasteiger partial charge in [-0.25, -0.2) is 4.98 Å². The minimum Gasteiger partial charge on any atom is -0.298 e. The lowest BCUT2D eigenvalue weighted by atomic mass is 10.2. The Hall–Kier alpha value is -0.620. The summed E-state index contributed by atoms with van der Waals surface area (Å²) in [5.74, 6) is 0. The summed E-state index contributed by atoms with van der Waals surface area (Å²) in [6.45, 7) is 0.197. The summed E-state index contributed by atoms with van der Waals surface area (Å²) in [4.78, 5) is 3.92. The summed E-state index contributed by atoms with van der Waals surface area (Å²) in [7, 11) is 0. The highest BCUT2D eigenvalue weighted by molar-refractivity contribution is 7.07. The zero-order chi connectivity index (χ0) is 10.2. The van der Waals surface area contributed by atoms with Crippen LogP contribution >= 0.6 is 11.3 Å². The SMILES string of the molecule is FC(F)(F)C1(NCc2cscn2)CC1. The average Bonchev–Trinajstić information content (AvgIpc) is 2.72. The second-order valence-electron chi connectivity index (χ2n) is 3.41. The molecule has 1 N–H and O–H groups in total. The monoisotopic (exact) mass is 222 g/mol. The molecule has 2 nitrogen and oxygen atoms in total. The van der Waals surface area contributed by atoms with E-state index in [9.17, 15) is 13.2 Å². The minimum atomic E-state index is -4.14. The zero-order valence-corrected chi connectivity index (χ0v) is 8.08. The lowest BCUT2D eigenvalue weighted by Crippen LogP contribution is -2.44. The fourth-order valence-electron chi connectivity index (χ4n) is 1.27. The minimum absolute atomic E-state index is 0.181. The van der Waals surface area contributed by atoms with Crippen LogP contribution in [-0.4, -0.2) is 16.7 Å². The Morgan fingerprint density at radius 1 is 1.50 bits per heavy atom. The first kappa shape index (κ1) is 9.92. The Bertz CT molecular complexity index is 303. The lowest BCUT2D eigenvalue weighted by Gasteiger charge is -2.19. The van der Waals surface area contributed by atoms with Gasteiger partial charge in [-0.1, -0.05) is 0 Å². The highest BCUT2D eigenvalue weighted by Crippen LogP contribution is 2.48. The molecule has 1 fully saturated rings. The molecule has 0 unspecified atom stereocenters. The molecule has 0 bridgehead atoms. The molecule has 0 spiro atoms. The molecule has 6 heteroatoms. The molecule has 0 atom stereocenters. The van der Waals surface area contributed by atoms with Crippen molar-refractivity contribution in [1.82, 2.24) is 10.3 Å². The number of aromatic nitrogens is 1. The van der Waals surface area contributed by atoms with Crippen LogP contribution in [0.25, 0.3) is 0 Å². The van der Waals surface area contributed by atoms with Crippen molar-refractivity contribution in [2.24, 2.45) is 0 Å². The number of hydrogen-bond donors (Lipinski definition) is 1. The molecule has 0 saturated heterocycles. The molecule has 1 heterocycles. The number of halogens is 3. The van der Waals surface area contributed by atoms with E-state index >= 15 is 0 Å². The van der Waals surface area contributed by atoms with Gasteiger partial charge >= 0.3 is 6.18 Å². The van der Waals surface area contributed by atoms with E-state index < -0.39 is 11.7 Å². The van der Waals surface area contributed by atoms with Crippen LogP contribution < -0.4 is 5.32 Å². The van der Waals surface area contributed by atoms with Crippen LogP contribution in [0.1, 0.15) is 18.5 Å². The van der Waals surface area contributed by atoms with Crippen molar-refractivity contribution in [3.63, 3.8) is 0 Å². The Balaban J connectivity index is 1.93. The van der Waals surface area contributed by atoms with Gasteiger partial charge in [0.1, 0.15) is 5.54 Å². The summed E-state index contributed by atoms with van der Waals surface area (Å²) in [5, 5.41) is 4.28. The van der Waals surface area contributed by atoms with E-state index in [1.165, 1.54) is 11.3 Å². The van der Waals surface area contributed by atoms with Crippen LogP contribution in [0.5, 0.6) is 0 Å². The molecule has 1 aromatic heterocycles. The maximum atomic E-state index is 12.4. The van der Waals surface area contributed by atoms with Gasteiger partial charge in [-0.3, -0.25) is 5.32 Å². The fraction of sp³-hybridized carbons (Fsp3) is 0.625. The van der Waals surface area contributed by atoms with Gasteiger partial charge in [0.05, 0.1) is 11.2 Å². The molecular weight excluding hydrogens is 213 g/mol. The molecule has 2 rings (SSSR count). The second-order valence-corrected chi connectivity index (χ2v) is 4.13. The third-order valence-electron chi connectivity index (χ3n) is 2.38. The van der Waals surface area contributed by atoms with Crippen molar-refractivity contribution in [1.29, 1.82) is 0 Å². The molecule has 0 amide bonds. The predicted octanol–water partition coefficient (Wildman–Crippen LogP) is 2.33. The van der Waals surface area contributed by atoms with Crippen molar-refractivity contribution >= 4 is 11.3 Å². The summed E-state index contributed by atoms with van der Waals surface area (Å²) in [6, 6.07) is 0. The first-order chi connectivity index (χ1) is 6.54. The van der Waals surface area contributed by atoms with E-state index in [-0.39, 0.29) is 19.4 Å². The Labute approximate surface area is 83.2 Å². The fourth-order valence-corrected chi connectivity index (χ4v) is 1.83. The molecular formula is C8H9F3N2S. The number of rotatable bonds is 3. The molecule has 1 saturated carbocycles. The van der Waals surface area contributed by atoms with Gasteiger partial charge in [0, 0.05) is 11.9 Å². The number of nitrogens with one attached hydrogen (secondary N) is 1. The number of alkyl halides is 3. The quantitative estimate of drug-likeness (QED) is 0.849. The van der Waals surface area contributed by atoms with Crippen molar-refractivity contribution in [3.8, 4) is 0 Å². The van der Waals surface area contributed by atoms with Gasteiger partial charge in [-0.05, 0) is 12.8 Å². The van der Waals surface area contributed by atoms with Crippen LogP contribution in [0.4, 0.5) is 13.2 Å². The Morgan fingerprint density at radius 3 is 2.64 bits per heavy atom. The largest absolute Gasteiger partial charge is 0.406 e. The van der Waals surface area contributed by atoms with Gasteiger partial charge in [0.25, 0.3) is 0 Å². The molecule has 1 aromatic rings. The van der Waals surface area contributed by atoms with E-state index in [1.54, 1.807) is 10.9 Å². The van der Waals surface area contributed by atoms with Crippen molar-refractivity contribution in [2.45, 2.75) is 31.1 Å². The first-order valence-electron chi connectivity index (χ1n) is 4.22. The maximum Gasteiger partial charge on any atom is 0.406 e. The van der Waals surface area contributed by atoms with Crippen LogP contribution in [0, 0.1) is 0 Å². The van der Waals surface area contributed by atoms with E-state index in [4.69, 9.17) is 0 Å². The highest BCUT2D eigenvalue weighted by atomic mass is 32.1. The highest BCUT2D eigenvalue weighted by Gasteiger charge is 2.62. The van der Waals surface area contributed by atoms with Gasteiger partial charge in [0.15, 0.2) is 0 Å². The molecule has 0 radical (unpaired) electrons. The lowest BCUT2D eigenvalue weighted by molar-refractivity contribution is -0.166. The standard InChI is InChI=1S/C8H9F3N2S/c9-8(10,11)7(1-2-7)13-3-6-4-14-5-12-6/h4-5,13H,1-3H2. The summed E-state index contributed by atoms with van der Waals surface area (Å²) in [5.41, 5.74) is 0.659. The average molecular weight is 222 g/mol.